The average molecular weight is 297 g/mol. The van der Waals surface area contributed by atoms with E-state index in [-0.39, 0.29) is 4.90 Å². The summed E-state index contributed by atoms with van der Waals surface area (Å²) in [6.45, 7) is 0.557. The number of nitrogens with two attached hydrogens (primary N) is 1. The number of nitrogens with one attached hydrogen (secondary N) is 2. The summed E-state index contributed by atoms with van der Waals surface area (Å²) >= 11 is 0. The zero-order chi connectivity index (χ0) is 14.6. The summed E-state index contributed by atoms with van der Waals surface area (Å²) in [6, 6.07) is 4.51. The van der Waals surface area contributed by atoms with Crippen LogP contribution in [0.4, 0.5) is 11.4 Å². The lowest BCUT2D eigenvalue weighted by atomic mass is 10.2. The number of hydrogen-bond acceptors (Lipinski definition) is 7. The van der Waals surface area contributed by atoms with Crippen molar-refractivity contribution >= 4 is 21.4 Å². The first-order chi connectivity index (χ1) is 9.53. The molecular weight excluding hydrogens is 282 g/mol. The molecule has 0 spiro atoms. The van der Waals surface area contributed by atoms with Crippen molar-refractivity contribution in [2.24, 2.45) is 0 Å². The van der Waals surface area contributed by atoms with E-state index in [1.54, 1.807) is 6.07 Å². The van der Waals surface area contributed by atoms with E-state index in [0.717, 1.165) is 0 Å². The van der Waals surface area contributed by atoms with Crippen LogP contribution < -0.4 is 15.8 Å². The second kappa shape index (κ2) is 5.88. The third kappa shape index (κ3) is 3.25. The molecule has 0 saturated heterocycles. The maximum Gasteiger partial charge on any atom is 0.240 e. The van der Waals surface area contributed by atoms with Crippen molar-refractivity contribution in [3.63, 3.8) is 0 Å². The van der Waals surface area contributed by atoms with Crippen molar-refractivity contribution in [2.75, 3.05) is 24.6 Å². The number of aromatic nitrogens is 2. The highest BCUT2D eigenvalue weighted by molar-refractivity contribution is 7.89. The van der Waals surface area contributed by atoms with Gasteiger partial charge in [0.15, 0.2) is 5.82 Å². The highest BCUT2D eigenvalue weighted by atomic mass is 32.2. The van der Waals surface area contributed by atoms with Crippen molar-refractivity contribution in [1.29, 1.82) is 0 Å². The number of sulfonamides is 1. The van der Waals surface area contributed by atoms with Crippen LogP contribution in [0.3, 0.4) is 0 Å². The van der Waals surface area contributed by atoms with Gasteiger partial charge in [0, 0.05) is 13.0 Å². The second-order valence-corrected chi connectivity index (χ2v) is 5.87. The van der Waals surface area contributed by atoms with E-state index < -0.39 is 10.0 Å². The molecule has 0 unspecified atom stereocenters. The standard InChI is InChI=1S/C11H15N5O3S/c1-13-20(17,18)8-2-3-10(9(12)6-8)14-5-4-11-15-7-19-16-11/h2-3,6-7,13-14H,4-5,12H2,1H3. The van der Waals surface area contributed by atoms with E-state index in [2.05, 4.69) is 24.7 Å². The van der Waals surface area contributed by atoms with Gasteiger partial charge in [0.1, 0.15) is 0 Å². The minimum atomic E-state index is -3.48. The Labute approximate surface area is 116 Å². The summed E-state index contributed by atoms with van der Waals surface area (Å²) in [5, 5.41) is 6.77. The van der Waals surface area contributed by atoms with E-state index >= 15 is 0 Å². The molecule has 20 heavy (non-hydrogen) atoms. The van der Waals surface area contributed by atoms with Crippen LogP contribution in [0, 0.1) is 0 Å². The topological polar surface area (TPSA) is 123 Å². The third-order valence-electron chi connectivity index (χ3n) is 2.67. The quantitative estimate of drug-likeness (QED) is 0.651. The van der Waals surface area contributed by atoms with Gasteiger partial charge in [0.05, 0.1) is 16.3 Å². The summed E-state index contributed by atoms with van der Waals surface area (Å²) < 4.78 is 30.1. The Balaban J connectivity index is 2.03. The Bertz CT molecular complexity index is 669. The SMILES string of the molecule is CNS(=O)(=O)c1ccc(NCCc2ncon2)c(N)c1. The number of nitrogens with zero attached hydrogens (tertiary/aromatic N) is 2. The lowest BCUT2D eigenvalue weighted by molar-refractivity contribution is 0.410. The van der Waals surface area contributed by atoms with Crippen molar-refractivity contribution in [2.45, 2.75) is 11.3 Å². The number of nitrogen functional groups attached to an aromatic ring is 1. The first-order valence-corrected chi connectivity index (χ1v) is 7.33. The van der Waals surface area contributed by atoms with Crippen LogP contribution in [0.15, 0.2) is 34.0 Å². The van der Waals surface area contributed by atoms with E-state index in [4.69, 9.17) is 5.73 Å². The second-order valence-electron chi connectivity index (χ2n) is 3.98. The number of hydrogen-bond donors (Lipinski definition) is 3. The predicted octanol–water partition coefficient (Wildman–Crippen LogP) is 0.214. The molecule has 0 aliphatic rings. The molecule has 108 valence electrons. The van der Waals surface area contributed by atoms with E-state index in [9.17, 15) is 8.42 Å². The van der Waals surface area contributed by atoms with Gasteiger partial charge in [0.2, 0.25) is 16.4 Å². The largest absolute Gasteiger partial charge is 0.397 e. The summed E-state index contributed by atoms with van der Waals surface area (Å²) in [4.78, 5) is 4.02. The zero-order valence-corrected chi connectivity index (χ0v) is 11.6. The van der Waals surface area contributed by atoms with Crippen LogP contribution in [-0.4, -0.2) is 32.2 Å². The summed E-state index contributed by atoms with van der Waals surface area (Å²) in [5.74, 6) is 0.588. The van der Waals surface area contributed by atoms with Gasteiger partial charge in [-0.2, -0.15) is 4.98 Å². The Kier molecular flexibility index (Phi) is 4.20. The Morgan fingerprint density at radius 1 is 1.40 bits per heavy atom. The first kappa shape index (κ1) is 14.3. The molecule has 8 nitrogen and oxygen atoms in total. The Hall–Kier alpha value is -2.13. The molecule has 1 aromatic carbocycles. The van der Waals surface area contributed by atoms with Crippen LogP contribution >= 0.6 is 0 Å². The van der Waals surface area contributed by atoms with E-state index in [0.29, 0.717) is 30.2 Å². The molecule has 4 N–H and O–H groups in total. The summed E-state index contributed by atoms with van der Waals surface area (Å²) in [6.07, 6.45) is 1.84. The lowest BCUT2D eigenvalue weighted by Gasteiger charge is -2.10. The fraction of sp³-hybridized carbons (Fsp3) is 0.273. The monoisotopic (exact) mass is 297 g/mol. The maximum absolute atomic E-state index is 11.6. The van der Waals surface area contributed by atoms with Crippen LogP contribution in [0.2, 0.25) is 0 Å². The van der Waals surface area contributed by atoms with Crippen molar-refractivity contribution in [3.8, 4) is 0 Å². The summed E-state index contributed by atoms with van der Waals surface area (Å²) in [5.41, 5.74) is 6.84. The van der Waals surface area contributed by atoms with Gasteiger partial charge in [0.25, 0.3) is 0 Å². The van der Waals surface area contributed by atoms with Gasteiger partial charge in [-0.15, -0.1) is 0 Å². The van der Waals surface area contributed by atoms with Gasteiger partial charge in [-0.05, 0) is 25.2 Å². The summed E-state index contributed by atoms with van der Waals surface area (Å²) in [7, 11) is -2.13. The van der Waals surface area contributed by atoms with Gasteiger partial charge in [-0.3, -0.25) is 0 Å². The molecule has 2 aromatic rings. The molecule has 9 heteroatoms. The zero-order valence-electron chi connectivity index (χ0n) is 10.8. The molecule has 0 saturated carbocycles. The normalized spacial score (nSPS) is 11.4. The fourth-order valence-electron chi connectivity index (χ4n) is 1.60. The van der Waals surface area contributed by atoms with Crippen LogP contribution in [0.1, 0.15) is 5.82 Å². The number of anilines is 2. The van der Waals surface area contributed by atoms with Crippen molar-refractivity contribution in [3.05, 3.63) is 30.4 Å². The predicted molar refractivity (Wildman–Crippen MR) is 73.6 cm³/mol. The smallest absolute Gasteiger partial charge is 0.240 e. The van der Waals surface area contributed by atoms with Crippen LogP contribution in [-0.2, 0) is 16.4 Å². The molecule has 1 aromatic heterocycles. The van der Waals surface area contributed by atoms with E-state index in [1.165, 1.54) is 25.6 Å². The molecule has 0 fully saturated rings. The average Bonchev–Trinajstić information content (AvgIpc) is 2.93. The van der Waals surface area contributed by atoms with Crippen LogP contribution in [0.25, 0.3) is 0 Å². The highest BCUT2D eigenvalue weighted by Gasteiger charge is 2.12. The number of rotatable bonds is 6. The minimum Gasteiger partial charge on any atom is -0.397 e. The lowest BCUT2D eigenvalue weighted by Crippen LogP contribution is -2.19. The van der Waals surface area contributed by atoms with Crippen molar-refractivity contribution in [1.82, 2.24) is 14.9 Å². The van der Waals surface area contributed by atoms with Gasteiger partial charge in [-0.1, -0.05) is 5.16 Å². The molecule has 0 aliphatic heterocycles. The fourth-order valence-corrected chi connectivity index (χ4v) is 2.36. The molecule has 0 atom stereocenters. The molecule has 0 radical (unpaired) electrons. The minimum absolute atomic E-state index is 0.126. The number of benzene rings is 1. The van der Waals surface area contributed by atoms with Gasteiger partial charge < -0.3 is 15.6 Å². The van der Waals surface area contributed by atoms with Gasteiger partial charge >= 0.3 is 0 Å². The van der Waals surface area contributed by atoms with Crippen LogP contribution in [0.5, 0.6) is 0 Å². The molecule has 2 rings (SSSR count). The first-order valence-electron chi connectivity index (χ1n) is 5.85. The maximum atomic E-state index is 11.6. The molecule has 0 aliphatic carbocycles. The molecular formula is C11H15N5O3S. The Morgan fingerprint density at radius 3 is 2.80 bits per heavy atom. The Morgan fingerprint density at radius 2 is 2.20 bits per heavy atom. The third-order valence-corrected chi connectivity index (χ3v) is 4.09. The molecule has 1 heterocycles. The van der Waals surface area contributed by atoms with Gasteiger partial charge in [-0.25, -0.2) is 13.1 Å². The molecule has 0 amide bonds. The highest BCUT2D eigenvalue weighted by Crippen LogP contribution is 2.22. The van der Waals surface area contributed by atoms with E-state index in [1.807, 2.05) is 0 Å². The van der Waals surface area contributed by atoms with Crippen molar-refractivity contribution < 1.29 is 12.9 Å². The molecule has 0 bridgehead atoms.